The molecule has 1 heterocycles. The number of anilines is 1. The molecule has 0 aliphatic carbocycles. The van der Waals surface area contributed by atoms with Gasteiger partial charge in [0.05, 0.1) is 0 Å². The Morgan fingerprint density at radius 2 is 2.00 bits per heavy atom. The molecule has 2 nitrogen and oxygen atoms in total. The van der Waals surface area contributed by atoms with E-state index < -0.39 is 5.67 Å². The first kappa shape index (κ1) is 12.4. The average molecular weight is 236 g/mol. The third-order valence-electron chi connectivity index (χ3n) is 3.87. The number of rotatable bonds is 2. The zero-order valence-corrected chi connectivity index (χ0v) is 10.6. The lowest BCUT2D eigenvalue weighted by atomic mass is 9.80. The van der Waals surface area contributed by atoms with Crippen molar-refractivity contribution in [3.63, 3.8) is 0 Å². The van der Waals surface area contributed by atoms with Crippen LogP contribution in [0.3, 0.4) is 0 Å². The Morgan fingerprint density at radius 1 is 1.35 bits per heavy atom. The SMILES string of the molecule is CN1CCCC(C(C)(F)c2ccc(N)cc2)C1. The molecule has 0 radical (unpaired) electrons. The molecule has 2 unspecified atom stereocenters. The number of halogens is 1. The van der Waals surface area contributed by atoms with E-state index in [4.69, 9.17) is 5.73 Å². The second-order valence-electron chi connectivity index (χ2n) is 5.30. The van der Waals surface area contributed by atoms with Gasteiger partial charge in [0.15, 0.2) is 0 Å². The molecule has 1 aliphatic rings. The van der Waals surface area contributed by atoms with Gasteiger partial charge in [-0.25, -0.2) is 4.39 Å². The number of nitrogens with zero attached hydrogens (tertiary/aromatic N) is 1. The van der Waals surface area contributed by atoms with Crippen LogP contribution in [-0.4, -0.2) is 25.0 Å². The van der Waals surface area contributed by atoms with E-state index in [1.54, 1.807) is 19.1 Å². The van der Waals surface area contributed by atoms with Gasteiger partial charge in [-0.2, -0.15) is 0 Å². The smallest absolute Gasteiger partial charge is 0.137 e. The predicted molar refractivity (Wildman–Crippen MR) is 69.5 cm³/mol. The molecular formula is C14H21FN2. The van der Waals surface area contributed by atoms with Gasteiger partial charge in [0.1, 0.15) is 5.67 Å². The molecule has 1 aromatic rings. The van der Waals surface area contributed by atoms with E-state index in [9.17, 15) is 4.39 Å². The van der Waals surface area contributed by atoms with Gasteiger partial charge < -0.3 is 10.6 Å². The van der Waals surface area contributed by atoms with Crippen LogP contribution in [0, 0.1) is 5.92 Å². The van der Waals surface area contributed by atoms with Crippen LogP contribution in [0.25, 0.3) is 0 Å². The monoisotopic (exact) mass is 236 g/mol. The number of alkyl halides is 1. The number of hydrogen-bond acceptors (Lipinski definition) is 2. The van der Waals surface area contributed by atoms with Crippen molar-refractivity contribution in [2.75, 3.05) is 25.9 Å². The van der Waals surface area contributed by atoms with E-state index in [-0.39, 0.29) is 5.92 Å². The molecule has 2 N–H and O–H groups in total. The second-order valence-corrected chi connectivity index (χ2v) is 5.30. The van der Waals surface area contributed by atoms with Crippen molar-refractivity contribution < 1.29 is 4.39 Å². The highest BCUT2D eigenvalue weighted by atomic mass is 19.1. The van der Waals surface area contributed by atoms with Crippen molar-refractivity contribution in [2.24, 2.45) is 5.92 Å². The quantitative estimate of drug-likeness (QED) is 0.800. The first-order valence-corrected chi connectivity index (χ1v) is 6.23. The van der Waals surface area contributed by atoms with E-state index in [2.05, 4.69) is 11.9 Å². The minimum Gasteiger partial charge on any atom is -0.399 e. The van der Waals surface area contributed by atoms with Crippen LogP contribution in [-0.2, 0) is 5.67 Å². The van der Waals surface area contributed by atoms with Crippen LogP contribution in [0.5, 0.6) is 0 Å². The number of nitrogens with two attached hydrogens (primary N) is 1. The number of piperidine rings is 1. The van der Waals surface area contributed by atoms with Crippen LogP contribution >= 0.6 is 0 Å². The summed E-state index contributed by atoms with van der Waals surface area (Å²) in [6.45, 7) is 3.61. The Hall–Kier alpha value is -1.09. The maximum Gasteiger partial charge on any atom is 0.137 e. The molecule has 0 aromatic heterocycles. The van der Waals surface area contributed by atoms with Crippen LogP contribution in [0.2, 0.25) is 0 Å². The Bertz CT molecular complexity index is 372. The summed E-state index contributed by atoms with van der Waals surface area (Å²) < 4.78 is 14.9. The summed E-state index contributed by atoms with van der Waals surface area (Å²) in [5, 5.41) is 0. The third kappa shape index (κ3) is 2.60. The third-order valence-corrected chi connectivity index (χ3v) is 3.87. The van der Waals surface area contributed by atoms with Crippen molar-refractivity contribution >= 4 is 5.69 Å². The molecule has 1 fully saturated rings. The van der Waals surface area contributed by atoms with E-state index >= 15 is 0 Å². The van der Waals surface area contributed by atoms with Crippen LogP contribution in [0.15, 0.2) is 24.3 Å². The maximum absolute atomic E-state index is 14.9. The molecule has 94 valence electrons. The van der Waals surface area contributed by atoms with E-state index in [0.29, 0.717) is 5.69 Å². The molecule has 0 spiro atoms. The van der Waals surface area contributed by atoms with E-state index in [1.165, 1.54) is 0 Å². The summed E-state index contributed by atoms with van der Waals surface area (Å²) in [5.41, 5.74) is 5.81. The summed E-state index contributed by atoms with van der Waals surface area (Å²) >= 11 is 0. The lowest BCUT2D eigenvalue weighted by Crippen LogP contribution is -2.40. The largest absolute Gasteiger partial charge is 0.399 e. The van der Waals surface area contributed by atoms with Crippen LogP contribution in [0.1, 0.15) is 25.3 Å². The molecule has 1 aliphatic heterocycles. The van der Waals surface area contributed by atoms with Gasteiger partial charge in [-0.1, -0.05) is 12.1 Å². The lowest BCUT2D eigenvalue weighted by molar-refractivity contribution is 0.0453. The second kappa shape index (κ2) is 4.65. The lowest BCUT2D eigenvalue weighted by Gasteiger charge is -2.37. The molecule has 1 aromatic carbocycles. The minimum atomic E-state index is -1.26. The Labute approximate surface area is 103 Å². The molecule has 0 bridgehead atoms. The van der Waals surface area contributed by atoms with Gasteiger partial charge in [-0.3, -0.25) is 0 Å². The normalized spacial score (nSPS) is 25.5. The fourth-order valence-corrected chi connectivity index (χ4v) is 2.65. The fraction of sp³-hybridized carbons (Fsp3) is 0.571. The van der Waals surface area contributed by atoms with Gasteiger partial charge in [0, 0.05) is 18.2 Å². The summed E-state index contributed by atoms with van der Waals surface area (Å²) in [6.07, 6.45) is 2.04. The Morgan fingerprint density at radius 3 is 2.59 bits per heavy atom. The molecule has 2 rings (SSSR count). The van der Waals surface area contributed by atoms with Crippen molar-refractivity contribution in [3.8, 4) is 0 Å². The summed E-state index contributed by atoms with van der Waals surface area (Å²) in [7, 11) is 2.06. The Balaban J connectivity index is 2.19. The van der Waals surface area contributed by atoms with Gasteiger partial charge in [0.25, 0.3) is 0 Å². The number of nitrogen functional groups attached to an aromatic ring is 1. The topological polar surface area (TPSA) is 29.3 Å². The van der Waals surface area contributed by atoms with Crippen molar-refractivity contribution in [1.29, 1.82) is 0 Å². The zero-order valence-electron chi connectivity index (χ0n) is 10.6. The Kier molecular flexibility index (Phi) is 3.38. The number of likely N-dealkylation sites (tertiary alicyclic amines) is 1. The highest BCUT2D eigenvalue weighted by Gasteiger charge is 2.37. The first-order chi connectivity index (χ1) is 8.00. The predicted octanol–water partition coefficient (Wildman–Crippen LogP) is 2.80. The fourth-order valence-electron chi connectivity index (χ4n) is 2.65. The maximum atomic E-state index is 14.9. The average Bonchev–Trinajstić information content (AvgIpc) is 2.29. The molecular weight excluding hydrogens is 215 g/mol. The summed E-state index contributed by atoms with van der Waals surface area (Å²) in [4.78, 5) is 2.21. The van der Waals surface area contributed by atoms with Gasteiger partial charge in [-0.05, 0) is 51.1 Å². The number of hydrogen-bond donors (Lipinski definition) is 1. The van der Waals surface area contributed by atoms with Gasteiger partial charge in [0.2, 0.25) is 0 Å². The van der Waals surface area contributed by atoms with Crippen molar-refractivity contribution in [1.82, 2.24) is 4.90 Å². The van der Waals surface area contributed by atoms with Crippen molar-refractivity contribution in [2.45, 2.75) is 25.4 Å². The molecule has 0 saturated carbocycles. The van der Waals surface area contributed by atoms with E-state index in [1.807, 2.05) is 12.1 Å². The summed E-state index contributed by atoms with van der Waals surface area (Å²) in [5.74, 6) is 0.0740. The standard InChI is InChI=1S/C14H21FN2/c1-14(15,11-5-7-13(16)8-6-11)12-4-3-9-17(2)10-12/h5-8,12H,3-4,9-10,16H2,1-2H3. The molecule has 17 heavy (non-hydrogen) atoms. The molecule has 3 heteroatoms. The van der Waals surface area contributed by atoms with Crippen LogP contribution < -0.4 is 5.73 Å². The molecule has 1 saturated heterocycles. The highest BCUT2D eigenvalue weighted by Crippen LogP contribution is 2.38. The minimum absolute atomic E-state index is 0.0740. The van der Waals surface area contributed by atoms with Crippen molar-refractivity contribution in [3.05, 3.63) is 29.8 Å². The molecule has 0 amide bonds. The van der Waals surface area contributed by atoms with Crippen LogP contribution in [0.4, 0.5) is 10.1 Å². The van der Waals surface area contributed by atoms with Gasteiger partial charge in [-0.15, -0.1) is 0 Å². The van der Waals surface area contributed by atoms with Gasteiger partial charge >= 0.3 is 0 Å². The number of benzene rings is 1. The first-order valence-electron chi connectivity index (χ1n) is 6.23. The highest BCUT2D eigenvalue weighted by molar-refractivity contribution is 5.41. The summed E-state index contributed by atoms with van der Waals surface area (Å²) in [6, 6.07) is 7.17. The molecule has 2 atom stereocenters. The van der Waals surface area contributed by atoms with E-state index in [0.717, 1.165) is 31.5 Å². The zero-order chi connectivity index (χ0) is 12.5.